The number of carbonyl (C=O) groups is 7. The number of rotatable bonds is 21. The number of amides is 1. The standard InChI is InChI=1S/C45H53NO15/c1-28(56-43(52)34-21-13-8-14-22-34)39(61-44(53)35-23-15-9-16-24-35)36(46-38(51)25-17-7-12-20-33-18-10-6-11-19-33)26-55-45-42(59-32(5)50)41(58-31(4)49)40(57-30(3)48)37(60-45)27-54-29(2)47/h6,8-11,13-16,18-19,21-24,28,36-37,39-42,45H,7,12,17,20,25-27H2,1-5H3,(H,46,51)/t28-,36+,37?,39-,40?,41?,42?,45?/m1/s1. The van der Waals surface area contributed by atoms with Crippen molar-refractivity contribution >= 4 is 41.7 Å². The zero-order chi connectivity index (χ0) is 44.3. The maximum atomic E-state index is 13.7. The summed E-state index contributed by atoms with van der Waals surface area (Å²) in [6.07, 6.45) is -7.17. The van der Waals surface area contributed by atoms with E-state index in [0.717, 1.165) is 47.0 Å². The smallest absolute Gasteiger partial charge is 0.338 e. The highest BCUT2D eigenvalue weighted by Gasteiger charge is 2.53. The molecule has 3 aromatic rings. The molecule has 1 aliphatic rings. The molecule has 0 aliphatic carbocycles. The lowest BCUT2D eigenvalue weighted by Gasteiger charge is -2.44. The van der Waals surface area contributed by atoms with Gasteiger partial charge in [-0.05, 0) is 56.0 Å². The van der Waals surface area contributed by atoms with Crippen LogP contribution in [0.5, 0.6) is 0 Å². The SMILES string of the molecule is CC(=O)OCC1OC(OC[C@H](NC(=O)CCCCCc2ccccc2)[C@H](OC(=O)c2ccccc2)[C@@H](C)OC(=O)c2ccccc2)C(OC(C)=O)C(OC(C)=O)C1OC(C)=O. The Hall–Kier alpha value is -6.13. The Labute approximate surface area is 354 Å². The second-order valence-corrected chi connectivity index (χ2v) is 14.3. The largest absolute Gasteiger partial charge is 0.463 e. The lowest BCUT2D eigenvalue weighted by Crippen LogP contribution is -2.63. The van der Waals surface area contributed by atoms with E-state index in [1.807, 2.05) is 30.3 Å². The van der Waals surface area contributed by atoms with Crippen LogP contribution < -0.4 is 5.32 Å². The van der Waals surface area contributed by atoms with Gasteiger partial charge in [-0.25, -0.2) is 9.59 Å². The number of carbonyl (C=O) groups excluding carboxylic acids is 7. The van der Waals surface area contributed by atoms with E-state index in [1.54, 1.807) is 48.5 Å². The van der Waals surface area contributed by atoms with Crippen molar-refractivity contribution < 1.29 is 71.5 Å². The van der Waals surface area contributed by atoms with Crippen LogP contribution >= 0.6 is 0 Å². The van der Waals surface area contributed by atoms with Crippen molar-refractivity contribution in [3.05, 3.63) is 108 Å². The van der Waals surface area contributed by atoms with Crippen LogP contribution in [-0.2, 0) is 68.3 Å². The maximum Gasteiger partial charge on any atom is 0.338 e. The zero-order valence-corrected chi connectivity index (χ0v) is 34.9. The van der Waals surface area contributed by atoms with Gasteiger partial charge in [0.15, 0.2) is 30.7 Å². The number of esters is 6. The summed E-state index contributed by atoms with van der Waals surface area (Å²) in [7, 11) is 0. The van der Waals surface area contributed by atoms with Gasteiger partial charge < -0.3 is 43.2 Å². The van der Waals surface area contributed by atoms with Gasteiger partial charge in [0.2, 0.25) is 5.91 Å². The van der Waals surface area contributed by atoms with Gasteiger partial charge in [-0.15, -0.1) is 0 Å². The normalized spacial score (nSPS) is 19.8. The van der Waals surface area contributed by atoms with E-state index >= 15 is 0 Å². The van der Waals surface area contributed by atoms with Gasteiger partial charge in [0.05, 0.1) is 23.8 Å². The summed E-state index contributed by atoms with van der Waals surface area (Å²) in [5.74, 6) is -5.21. The van der Waals surface area contributed by atoms with E-state index < -0.39 is 104 Å². The van der Waals surface area contributed by atoms with Crippen molar-refractivity contribution in [2.45, 2.75) is 116 Å². The Morgan fingerprint density at radius 2 is 1.15 bits per heavy atom. The van der Waals surface area contributed by atoms with Gasteiger partial charge in [-0.1, -0.05) is 73.2 Å². The second-order valence-electron chi connectivity index (χ2n) is 14.3. The summed E-state index contributed by atoms with van der Waals surface area (Å²) in [4.78, 5) is 89.7. The molecule has 0 aromatic heterocycles. The third-order valence-corrected chi connectivity index (χ3v) is 9.36. The number of nitrogens with one attached hydrogen (secondary N) is 1. The molecule has 16 nitrogen and oxygen atoms in total. The van der Waals surface area contributed by atoms with Crippen molar-refractivity contribution in [1.82, 2.24) is 5.32 Å². The van der Waals surface area contributed by atoms with Crippen LogP contribution in [0, 0.1) is 0 Å². The Kier molecular flexibility index (Phi) is 18.9. The third-order valence-electron chi connectivity index (χ3n) is 9.36. The molecule has 61 heavy (non-hydrogen) atoms. The fraction of sp³-hybridized carbons (Fsp3) is 0.444. The lowest BCUT2D eigenvalue weighted by molar-refractivity contribution is -0.309. The summed E-state index contributed by atoms with van der Waals surface area (Å²) in [5, 5.41) is 2.88. The molecular formula is C45H53NO15. The van der Waals surface area contributed by atoms with Crippen LogP contribution in [0.2, 0.25) is 0 Å². The Morgan fingerprint density at radius 3 is 1.70 bits per heavy atom. The van der Waals surface area contributed by atoms with Crippen LogP contribution in [0.15, 0.2) is 91.0 Å². The Balaban J connectivity index is 1.68. The first kappa shape index (κ1) is 47.5. The van der Waals surface area contributed by atoms with Gasteiger partial charge in [0.25, 0.3) is 0 Å². The zero-order valence-electron chi connectivity index (χ0n) is 34.9. The number of aryl methyl sites for hydroxylation is 1. The molecule has 5 unspecified atom stereocenters. The van der Waals surface area contributed by atoms with Crippen LogP contribution in [0.3, 0.4) is 0 Å². The van der Waals surface area contributed by atoms with Crippen molar-refractivity contribution in [3.8, 4) is 0 Å². The molecule has 0 spiro atoms. The monoisotopic (exact) mass is 847 g/mol. The second kappa shape index (κ2) is 24.2. The van der Waals surface area contributed by atoms with E-state index in [9.17, 15) is 33.6 Å². The Bertz CT molecular complexity index is 1910. The van der Waals surface area contributed by atoms with E-state index in [-0.39, 0.29) is 17.5 Å². The average Bonchev–Trinajstić information content (AvgIpc) is 3.22. The van der Waals surface area contributed by atoms with Crippen molar-refractivity contribution in [3.63, 3.8) is 0 Å². The van der Waals surface area contributed by atoms with Gasteiger partial charge in [0, 0.05) is 34.1 Å². The summed E-state index contributed by atoms with van der Waals surface area (Å²) in [6, 6.07) is 24.8. The molecule has 328 valence electrons. The summed E-state index contributed by atoms with van der Waals surface area (Å²) in [5.41, 5.74) is 1.55. The van der Waals surface area contributed by atoms with Gasteiger partial charge in [0.1, 0.15) is 18.8 Å². The maximum absolute atomic E-state index is 13.7. The highest BCUT2D eigenvalue weighted by atomic mass is 16.7. The van der Waals surface area contributed by atoms with E-state index in [2.05, 4.69) is 5.32 Å². The highest BCUT2D eigenvalue weighted by molar-refractivity contribution is 5.90. The van der Waals surface area contributed by atoms with Crippen LogP contribution in [-0.4, -0.2) is 104 Å². The number of unbranched alkanes of at least 4 members (excludes halogenated alkanes) is 2. The minimum atomic E-state index is -1.63. The molecule has 1 N–H and O–H groups in total. The molecule has 1 heterocycles. The van der Waals surface area contributed by atoms with Crippen molar-refractivity contribution in [2.75, 3.05) is 13.2 Å². The topological polar surface area (TPSA) is 205 Å². The molecule has 8 atom stereocenters. The lowest BCUT2D eigenvalue weighted by atomic mass is 9.98. The predicted octanol–water partition coefficient (Wildman–Crippen LogP) is 4.85. The summed E-state index contributed by atoms with van der Waals surface area (Å²) in [6.45, 7) is 4.83. The van der Waals surface area contributed by atoms with Crippen molar-refractivity contribution in [1.29, 1.82) is 0 Å². The fourth-order valence-electron chi connectivity index (χ4n) is 6.60. The van der Waals surface area contributed by atoms with Crippen LogP contribution in [0.25, 0.3) is 0 Å². The van der Waals surface area contributed by atoms with Gasteiger partial charge >= 0.3 is 35.8 Å². The molecule has 1 amide bonds. The predicted molar refractivity (Wildman–Crippen MR) is 215 cm³/mol. The molecule has 4 rings (SSSR count). The number of benzene rings is 3. The number of ether oxygens (including phenoxy) is 8. The van der Waals surface area contributed by atoms with Crippen LogP contribution in [0.4, 0.5) is 0 Å². The van der Waals surface area contributed by atoms with E-state index in [1.165, 1.54) is 24.6 Å². The first-order valence-electron chi connectivity index (χ1n) is 20.0. The molecule has 3 aromatic carbocycles. The van der Waals surface area contributed by atoms with E-state index in [4.69, 9.17) is 37.9 Å². The van der Waals surface area contributed by atoms with E-state index in [0.29, 0.717) is 6.42 Å². The number of hydrogen-bond donors (Lipinski definition) is 1. The minimum absolute atomic E-state index is 0.0713. The Morgan fingerprint density at radius 1 is 0.623 bits per heavy atom. The number of hydrogen-bond acceptors (Lipinski definition) is 15. The minimum Gasteiger partial charge on any atom is -0.463 e. The summed E-state index contributed by atoms with van der Waals surface area (Å²) >= 11 is 0. The average molecular weight is 848 g/mol. The van der Waals surface area contributed by atoms with Gasteiger partial charge in [-0.3, -0.25) is 24.0 Å². The molecule has 16 heteroatoms. The fourth-order valence-corrected chi connectivity index (χ4v) is 6.60. The first-order chi connectivity index (χ1) is 29.2. The molecule has 1 saturated heterocycles. The first-order valence-corrected chi connectivity index (χ1v) is 20.0. The third kappa shape index (κ3) is 15.8. The highest BCUT2D eigenvalue weighted by Crippen LogP contribution is 2.30. The molecule has 0 radical (unpaired) electrons. The van der Waals surface area contributed by atoms with Crippen molar-refractivity contribution in [2.24, 2.45) is 0 Å². The van der Waals surface area contributed by atoms with Crippen LogP contribution in [0.1, 0.15) is 86.6 Å². The molecule has 1 aliphatic heterocycles. The molecule has 0 bridgehead atoms. The van der Waals surface area contributed by atoms with Gasteiger partial charge in [-0.2, -0.15) is 0 Å². The molecule has 1 fully saturated rings. The quantitative estimate of drug-likeness (QED) is 0.0865. The molecular weight excluding hydrogens is 794 g/mol. The molecule has 0 saturated carbocycles. The summed E-state index contributed by atoms with van der Waals surface area (Å²) < 4.78 is 45.9.